The number of primary amides is 1. The highest BCUT2D eigenvalue weighted by Crippen LogP contribution is 2.40. The van der Waals surface area contributed by atoms with Gasteiger partial charge in [0, 0.05) is 6.54 Å². The van der Waals surface area contributed by atoms with Crippen molar-refractivity contribution in [2.75, 3.05) is 13.1 Å². The Morgan fingerprint density at radius 1 is 1.27 bits per heavy atom. The molecule has 2 aliphatic heterocycles. The van der Waals surface area contributed by atoms with Gasteiger partial charge in [-0.2, -0.15) is 0 Å². The van der Waals surface area contributed by atoms with Crippen LogP contribution in [0.25, 0.3) is 0 Å². The van der Waals surface area contributed by atoms with E-state index < -0.39 is 0 Å². The highest BCUT2D eigenvalue weighted by atomic mass is 32.2. The van der Waals surface area contributed by atoms with Gasteiger partial charge in [0.25, 0.3) is 0 Å². The van der Waals surface area contributed by atoms with Crippen LogP contribution in [0.3, 0.4) is 0 Å². The van der Waals surface area contributed by atoms with Crippen LogP contribution >= 0.6 is 11.9 Å². The lowest BCUT2D eigenvalue weighted by Gasteiger charge is -2.41. The predicted octanol–water partition coefficient (Wildman–Crippen LogP) is 1.67. The summed E-state index contributed by atoms with van der Waals surface area (Å²) in [7, 11) is 0. The van der Waals surface area contributed by atoms with Crippen molar-refractivity contribution in [1.29, 1.82) is 0 Å². The molecule has 0 bridgehead atoms. The maximum Gasteiger partial charge on any atom is 0.324 e. The molecule has 0 aliphatic carbocycles. The van der Waals surface area contributed by atoms with E-state index in [1.165, 1.54) is 19.3 Å². The smallest absolute Gasteiger partial charge is 0.324 e. The van der Waals surface area contributed by atoms with Crippen molar-refractivity contribution in [3.63, 3.8) is 0 Å². The first-order chi connectivity index (χ1) is 7.22. The van der Waals surface area contributed by atoms with Gasteiger partial charge < -0.3 is 11.1 Å². The van der Waals surface area contributed by atoms with Crippen molar-refractivity contribution in [3.05, 3.63) is 0 Å². The molecule has 0 aromatic heterocycles. The zero-order valence-corrected chi connectivity index (χ0v) is 9.81. The predicted molar refractivity (Wildman–Crippen MR) is 62.3 cm³/mol. The summed E-state index contributed by atoms with van der Waals surface area (Å²) in [6.07, 6.45) is 7.17. The summed E-state index contributed by atoms with van der Waals surface area (Å²) < 4.78 is 1.71. The number of urea groups is 1. The lowest BCUT2D eigenvalue weighted by atomic mass is 10.0. The van der Waals surface area contributed by atoms with Gasteiger partial charge in [-0.3, -0.25) is 4.31 Å². The van der Waals surface area contributed by atoms with Gasteiger partial charge in [0.15, 0.2) is 0 Å². The van der Waals surface area contributed by atoms with Crippen LogP contribution in [0.4, 0.5) is 4.79 Å². The second-order valence-corrected chi connectivity index (χ2v) is 5.77. The summed E-state index contributed by atoms with van der Waals surface area (Å²) in [5, 5.41) is 3.60. The number of nitrogens with zero attached hydrogens (tertiary/aromatic N) is 1. The Bertz CT molecular complexity index is 239. The van der Waals surface area contributed by atoms with Crippen LogP contribution in [0.5, 0.6) is 0 Å². The molecule has 2 saturated heterocycles. The van der Waals surface area contributed by atoms with E-state index in [1.807, 2.05) is 0 Å². The topological polar surface area (TPSA) is 58.4 Å². The molecule has 0 aromatic rings. The van der Waals surface area contributed by atoms with Gasteiger partial charge in [-0.15, -0.1) is 0 Å². The van der Waals surface area contributed by atoms with Gasteiger partial charge in [-0.25, -0.2) is 4.79 Å². The van der Waals surface area contributed by atoms with E-state index in [1.54, 1.807) is 16.3 Å². The van der Waals surface area contributed by atoms with E-state index in [-0.39, 0.29) is 10.9 Å². The average molecular weight is 229 g/mol. The quantitative estimate of drug-likeness (QED) is 0.621. The lowest BCUT2D eigenvalue weighted by molar-refractivity contribution is 0.229. The Morgan fingerprint density at radius 3 is 2.87 bits per heavy atom. The van der Waals surface area contributed by atoms with Gasteiger partial charge in [-0.05, 0) is 44.2 Å². The molecule has 4 nitrogen and oxygen atoms in total. The average Bonchev–Trinajstić information content (AvgIpc) is 2.44. The number of nitrogens with one attached hydrogen (secondary N) is 1. The molecule has 15 heavy (non-hydrogen) atoms. The molecule has 2 rings (SSSR count). The second-order valence-electron chi connectivity index (χ2n) is 4.37. The van der Waals surface area contributed by atoms with Crippen LogP contribution in [0.15, 0.2) is 0 Å². The number of carbonyl (C=O) groups is 1. The summed E-state index contributed by atoms with van der Waals surface area (Å²) >= 11 is 1.62. The fraction of sp³-hybridized carbons (Fsp3) is 0.900. The number of nitrogens with two attached hydrogens (primary N) is 1. The number of hydrogen-bond donors (Lipinski definition) is 2. The number of carbonyl (C=O) groups excluding carboxylic acids is 1. The van der Waals surface area contributed by atoms with Crippen LogP contribution in [0, 0.1) is 0 Å². The van der Waals surface area contributed by atoms with Gasteiger partial charge in [0.05, 0.1) is 4.87 Å². The summed E-state index contributed by atoms with van der Waals surface area (Å²) in [6.45, 7) is 1.86. The minimum atomic E-state index is -0.301. The van der Waals surface area contributed by atoms with Crippen LogP contribution < -0.4 is 11.1 Å². The largest absolute Gasteiger partial charge is 0.351 e. The van der Waals surface area contributed by atoms with Crippen LogP contribution in [0.1, 0.15) is 38.5 Å². The molecule has 2 amide bonds. The summed E-state index contributed by atoms with van der Waals surface area (Å²) in [4.78, 5) is 11.3. The molecule has 5 heteroatoms. The third-order valence-electron chi connectivity index (χ3n) is 3.18. The van der Waals surface area contributed by atoms with Gasteiger partial charge in [0.2, 0.25) is 0 Å². The van der Waals surface area contributed by atoms with Crippen molar-refractivity contribution in [1.82, 2.24) is 9.62 Å². The highest BCUT2D eigenvalue weighted by molar-refractivity contribution is 7.98. The van der Waals surface area contributed by atoms with Crippen molar-refractivity contribution in [3.8, 4) is 0 Å². The zero-order chi connectivity index (χ0) is 10.7. The SMILES string of the molecule is NC(=O)N1CCCC2(CCCCCN2)S1. The monoisotopic (exact) mass is 229 g/mol. The molecule has 0 radical (unpaired) electrons. The first kappa shape index (κ1) is 11.1. The number of amides is 2. The highest BCUT2D eigenvalue weighted by Gasteiger charge is 2.37. The van der Waals surface area contributed by atoms with Crippen molar-refractivity contribution in [2.45, 2.75) is 43.4 Å². The second kappa shape index (κ2) is 4.61. The van der Waals surface area contributed by atoms with Crippen LogP contribution in [-0.2, 0) is 0 Å². The van der Waals surface area contributed by atoms with E-state index in [9.17, 15) is 4.79 Å². The first-order valence-corrected chi connectivity index (χ1v) is 6.50. The van der Waals surface area contributed by atoms with Gasteiger partial charge in [0.1, 0.15) is 0 Å². The molecule has 2 heterocycles. The molecule has 1 atom stereocenters. The molecule has 3 N–H and O–H groups in total. The Balaban J connectivity index is 2.02. The molecule has 0 saturated carbocycles. The maximum atomic E-state index is 11.2. The van der Waals surface area contributed by atoms with E-state index in [0.717, 1.165) is 32.4 Å². The molecular formula is C10H19N3OS. The molecule has 2 aliphatic rings. The Labute approximate surface area is 95.1 Å². The Kier molecular flexibility index (Phi) is 3.41. The van der Waals surface area contributed by atoms with Crippen molar-refractivity contribution < 1.29 is 4.79 Å². The minimum Gasteiger partial charge on any atom is -0.351 e. The van der Waals surface area contributed by atoms with E-state index in [4.69, 9.17) is 5.73 Å². The lowest BCUT2D eigenvalue weighted by Crippen LogP contribution is -2.49. The summed E-state index contributed by atoms with van der Waals surface area (Å²) in [5.41, 5.74) is 5.33. The third-order valence-corrected chi connectivity index (χ3v) is 4.66. The van der Waals surface area contributed by atoms with Crippen LogP contribution in [0.2, 0.25) is 0 Å². The van der Waals surface area contributed by atoms with E-state index in [0.29, 0.717) is 0 Å². The van der Waals surface area contributed by atoms with Gasteiger partial charge in [-0.1, -0.05) is 12.8 Å². The Hall–Kier alpha value is -0.420. The molecule has 1 spiro atoms. The summed E-state index contributed by atoms with van der Waals surface area (Å²) in [5.74, 6) is 0. The molecule has 1 unspecified atom stereocenters. The number of rotatable bonds is 0. The standard InChI is InChI=1S/C10H19N3OS/c11-9(14)13-8-4-6-10(15-13)5-2-1-3-7-12-10/h12H,1-8H2,(H2,11,14). The van der Waals surface area contributed by atoms with E-state index >= 15 is 0 Å². The van der Waals surface area contributed by atoms with E-state index in [2.05, 4.69) is 5.32 Å². The third kappa shape index (κ3) is 2.58. The normalized spacial score (nSPS) is 32.7. The van der Waals surface area contributed by atoms with Gasteiger partial charge >= 0.3 is 6.03 Å². The zero-order valence-electron chi connectivity index (χ0n) is 9.00. The first-order valence-electron chi connectivity index (χ1n) is 5.73. The summed E-state index contributed by atoms with van der Waals surface area (Å²) in [6, 6.07) is -0.301. The maximum absolute atomic E-state index is 11.2. The molecule has 86 valence electrons. The fourth-order valence-corrected chi connectivity index (χ4v) is 3.74. The molecule has 0 aromatic carbocycles. The fourth-order valence-electron chi connectivity index (χ4n) is 2.37. The minimum absolute atomic E-state index is 0.0871. The molecular weight excluding hydrogens is 210 g/mol. The Morgan fingerprint density at radius 2 is 2.07 bits per heavy atom. The molecule has 2 fully saturated rings. The van der Waals surface area contributed by atoms with Crippen molar-refractivity contribution in [2.24, 2.45) is 5.73 Å². The van der Waals surface area contributed by atoms with Crippen molar-refractivity contribution >= 4 is 18.0 Å². The van der Waals surface area contributed by atoms with Crippen LogP contribution in [-0.4, -0.2) is 28.3 Å². The number of hydrogen-bond acceptors (Lipinski definition) is 3.